The van der Waals surface area contributed by atoms with E-state index in [1.807, 2.05) is 25.1 Å². The standard InChI is InChI=1S/C12H15BrN2O2/c1-7(6-17-2)14-11-9-4-3-8(13)5-10(9)15-12(11)16/h3-5,7,11,14H,6H2,1-2H3,(H,15,16). The molecule has 0 radical (unpaired) electrons. The topological polar surface area (TPSA) is 50.4 Å². The molecule has 2 unspecified atom stereocenters. The molecule has 5 heteroatoms. The van der Waals surface area contributed by atoms with Crippen molar-refractivity contribution in [2.24, 2.45) is 0 Å². The summed E-state index contributed by atoms with van der Waals surface area (Å²) < 4.78 is 6.01. The molecule has 0 spiro atoms. The lowest BCUT2D eigenvalue weighted by atomic mass is 10.1. The second-order valence-electron chi connectivity index (χ2n) is 4.18. The first kappa shape index (κ1) is 12.5. The fourth-order valence-corrected chi connectivity index (χ4v) is 2.34. The molecule has 0 saturated heterocycles. The molecule has 2 N–H and O–H groups in total. The van der Waals surface area contributed by atoms with E-state index in [9.17, 15) is 4.79 Å². The number of hydrogen-bond donors (Lipinski definition) is 2. The quantitative estimate of drug-likeness (QED) is 0.895. The van der Waals surface area contributed by atoms with Gasteiger partial charge in [0.1, 0.15) is 6.04 Å². The minimum atomic E-state index is -0.289. The zero-order valence-electron chi connectivity index (χ0n) is 9.79. The number of halogens is 1. The maximum Gasteiger partial charge on any atom is 0.246 e. The van der Waals surface area contributed by atoms with E-state index < -0.39 is 0 Å². The van der Waals surface area contributed by atoms with Crippen LogP contribution in [0.15, 0.2) is 22.7 Å². The highest BCUT2D eigenvalue weighted by Crippen LogP contribution is 2.33. The third-order valence-corrected chi connectivity index (χ3v) is 3.21. The predicted octanol–water partition coefficient (Wildman–Crippen LogP) is 2.07. The molecule has 2 atom stereocenters. The Kier molecular flexibility index (Phi) is 3.81. The van der Waals surface area contributed by atoms with Crippen molar-refractivity contribution in [3.63, 3.8) is 0 Å². The van der Waals surface area contributed by atoms with Crippen molar-refractivity contribution in [2.45, 2.75) is 19.0 Å². The molecule has 1 heterocycles. The molecule has 92 valence electrons. The SMILES string of the molecule is COCC(C)NC1C(=O)Nc2cc(Br)ccc21. The Labute approximate surface area is 109 Å². The van der Waals surface area contributed by atoms with Crippen molar-refractivity contribution in [1.29, 1.82) is 0 Å². The molecule has 4 nitrogen and oxygen atoms in total. The summed E-state index contributed by atoms with van der Waals surface area (Å²) in [7, 11) is 1.65. The van der Waals surface area contributed by atoms with Gasteiger partial charge in [0, 0.05) is 28.9 Å². The molecule has 0 bridgehead atoms. The Morgan fingerprint density at radius 3 is 3.06 bits per heavy atom. The number of fused-ring (bicyclic) bond motifs is 1. The number of nitrogens with one attached hydrogen (secondary N) is 2. The Morgan fingerprint density at radius 1 is 1.59 bits per heavy atom. The minimum Gasteiger partial charge on any atom is -0.383 e. The van der Waals surface area contributed by atoms with Crippen LogP contribution in [0.3, 0.4) is 0 Å². The second kappa shape index (κ2) is 5.16. The van der Waals surface area contributed by atoms with Crippen molar-refractivity contribution in [2.75, 3.05) is 19.0 Å². The summed E-state index contributed by atoms with van der Waals surface area (Å²) in [5.41, 5.74) is 1.85. The zero-order valence-corrected chi connectivity index (χ0v) is 11.4. The van der Waals surface area contributed by atoms with Gasteiger partial charge in [0.2, 0.25) is 5.91 Å². The van der Waals surface area contributed by atoms with E-state index in [1.165, 1.54) is 0 Å². The maximum atomic E-state index is 11.9. The van der Waals surface area contributed by atoms with Crippen molar-refractivity contribution in [3.8, 4) is 0 Å². The molecule has 1 aromatic rings. The van der Waals surface area contributed by atoms with Crippen LogP contribution in [0.2, 0.25) is 0 Å². The average molecular weight is 299 g/mol. The van der Waals surface area contributed by atoms with Crippen LogP contribution in [0.4, 0.5) is 5.69 Å². The van der Waals surface area contributed by atoms with E-state index in [1.54, 1.807) is 7.11 Å². The number of benzene rings is 1. The molecule has 1 amide bonds. The van der Waals surface area contributed by atoms with E-state index >= 15 is 0 Å². The van der Waals surface area contributed by atoms with Crippen LogP contribution in [-0.4, -0.2) is 25.7 Å². The largest absolute Gasteiger partial charge is 0.383 e. The van der Waals surface area contributed by atoms with Crippen molar-refractivity contribution >= 4 is 27.5 Å². The van der Waals surface area contributed by atoms with Gasteiger partial charge >= 0.3 is 0 Å². The molecule has 1 aromatic carbocycles. The lowest BCUT2D eigenvalue weighted by Gasteiger charge is -2.17. The lowest BCUT2D eigenvalue weighted by molar-refractivity contribution is -0.117. The zero-order chi connectivity index (χ0) is 12.4. The molecule has 17 heavy (non-hydrogen) atoms. The molecule has 0 fully saturated rings. The molecular formula is C12H15BrN2O2. The number of rotatable bonds is 4. The highest BCUT2D eigenvalue weighted by atomic mass is 79.9. The molecular weight excluding hydrogens is 284 g/mol. The van der Waals surface area contributed by atoms with Crippen molar-refractivity contribution in [1.82, 2.24) is 5.32 Å². The van der Waals surface area contributed by atoms with E-state index in [2.05, 4.69) is 26.6 Å². The Balaban J connectivity index is 2.17. The summed E-state index contributed by atoms with van der Waals surface area (Å²) in [5.74, 6) is -0.0129. The summed E-state index contributed by atoms with van der Waals surface area (Å²) >= 11 is 3.39. The van der Waals surface area contributed by atoms with E-state index in [0.717, 1.165) is 15.7 Å². The molecule has 1 aliphatic heterocycles. The summed E-state index contributed by atoms with van der Waals surface area (Å²) in [6.07, 6.45) is 0. The first-order valence-electron chi connectivity index (χ1n) is 5.47. The van der Waals surface area contributed by atoms with Gasteiger partial charge in [0.25, 0.3) is 0 Å². The number of hydrogen-bond acceptors (Lipinski definition) is 3. The van der Waals surface area contributed by atoms with Crippen molar-refractivity contribution < 1.29 is 9.53 Å². The Morgan fingerprint density at radius 2 is 2.35 bits per heavy atom. The summed E-state index contributed by atoms with van der Waals surface area (Å²) in [4.78, 5) is 11.9. The van der Waals surface area contributed by atoms with E-state index in [0.29, 0.717) is 6.61 Å². The normalized spacial score (nSPS) is 19.9. The molecule has 2 rings (SSSR count). The first-order valence-corrected chi connectivity index (χ1v) is 6.26. The fraction of sp³-hybridized carbons (Fsp3) is 0.417. The lowest BCUT2D eigenvalue weighted by Crippen LogP contribution is -2.37. The van der Waals surface area contributed by atoms with Crippen LogP contribution in [0.5, 0.6) is 0 Å². The maximum absolute atomic E-state index is 11.9. The summed E-state index contributed by atoms with van der Waals surface area (Å²) in [6.45, 7) is 2.57. The third kappa shape index (κ3) is 2.68. The van der Waals surface area contributed by atoms with Crippen LogP contribution in [0.1, 0.15) is 18.5 Å². The number of carbonyl (C=O) groups excluding carboxylic acids is 1. The van der Waals surface area contributed by atoms with Gasteiger partial charge in [-0.15, -0.1) is 0 Å². The Bertz CT molecular complexity index is 437. The highest BCUT2D eigenvalue weighted by molar-refractivity contribution is 9.10. The number of carbonyl (C=O) groups is 1. The van der Waals surface area contributed by atoms with Crippen LogP contribution in [-0.2, 0) is 9.53 Å². The third-order valence-electron chi connectivity index (χ3n) is 2.71. The van der Waals surface area contributed by atoms with Gasteiger partial charge in [-0.25, -0.2) is 0 Å². The van der Waals surface area contributed by atoms with Gasteiger partial charge in [0.05, 0.1) is 6.61 Å². The van der Waals surface area contributed by atoms with E-state index in [-0.39, 0.29) is 18.0 Å². The monoisotopic (exact) mass is 298 g/mol. The number of methoxy groups -OCH3 is 1. The van der Waals surface area contributed by atoms with E-state index in [4.69, 9.17) is 4.74 Å². The van der Waals surface area contributed by atoms with Gasteiger partial charge < -0.3 is 10.1 Å². The van der Waals surface area contributed by atoms with Gasteiger partial charge in [-0.2, -0.15) is 0 Å². The van der Waals surface area contributed by atoms with Crippen LogP contribution in [0.25, 0.3) is 0 Å². The van der Waals surface area contributed by atoms with Crippen LogP contribution in [0, 0.1) is 0 Å². The molecule has 0 aromatic heterocycles. The second-order valence-corrected chi connectivity index (χ2v) is 5.09. The van der Waals surface area contributed by atoms with Gasteiger partial charge in [-0.1, -0.05) is 22.0 Å². The number of ether oxygens (including phenoxy) is 1. The molecule has 1 aliphatic rings. The van der Waals surface area contributed by atoms with Crippen LogP contribution >= 0.6 is 15.9 Å². The summed E-state index contributed by atoms with van der Waals surface area (Å²) in [6, 6.07) is 5.65. The predicted molar refractivity (Wildman–Crippen MR) is 70.0 cm³/mol. The number of amides is 1. The molecule has 0 aliphatic carbocycles. The van der Waals surface area contributed by atoms with Gasteiger partial charge in [0.15, 0.2) is 0 Å². The Hall–Kier alpha value is -0.910. The van der Waals surface area contributed by atoms with Crippen LogP contribution < -0.4 is 10.6 Å². The van der Waals surface area contributed by atoms with Gasteiger partial charge in [-0.3, -0.25) is 10.1 Å². The number of anilines is 1. The molecule has 0 saturated carbocycles. The average Bonchev–Trinajstić information content (AvgIpc) is 2.55. The van der Waals surface area contributed by atoms with Crippen molar-refractivity contribution in [3.05, 3.63) is 28.2 Å². The summed E-state index contributed by atoms with van der Waals surface area (Å²) in [5, 5.41) is 6.12. The minimum absolute atomic E-state index is 0.0129. The highest BCUT2D eigenvalue weighted by Gasteiger charge is 2.31. The fourth-order valence-electron chi connectivity index (χ4n) is 1.98. The smallest absolute Gasteiger partial charge is 0.246 e. The van der Waals surface area contributed by atoms with Gasteiger partial charge in [-0.05, 0) is 19.1 Å². The first-order chi connectivity index (χ1) is 8.11.